The van der Waals surface area contributed by atoms with Crippen molar-refractivity contribution in [2.75, 3.05) is 13.6 Å². The number of fused-ring (bicyclic) bond motifs is 1. The van der Waals surface area contributed by atoms with Crippen LogP contribution in [0.3, 0.4) is 0 Å². The Labute approximate surface area is 106 Å². The molecule has 2 unspecified atom stereocenters. The lowest BCUT2D eigenvalue weighted by Gasteiger charge is -2.38. The average molecular weight is 251 g/mol. The van der Waals surface area contributed by atoms with Gasteiger partial charge in [-0.2, -0.15) is 0 Å². The second kappa shape index (κ2) is 3.93. The largest absolute Gasteiger partial charge is 0.485 e. The quantitative estimate of drug-likeness (QED) is 0.766. The van der Waals surface area contributed by atoms with Crippen LogP contribution in [-0.4, -0.2) is 35.2 Å². The summed E-state index contributed by atoms with van der Waals surface area (Å²) in [5.74, 6) is 0.293. The van der Waals surface area contributed by atoms with Gasteiger partial charge in [-0.25, -0.2) is 4.39 Å². The normalized spacial score (nSPS) is 35.6. The SMILES string of the molecule is CC1CC2(C[C@@H](O)c3cc(F)ccc3O2)CN1C. The Hall–Kier alpha value is -1.13. The highest BCUT2D eigenvalue weighted by Crippen LogP contribution is 2.44. The van der Waals surface area contributed by atoms with Crippen LogP contribution in [0.25, 0.3) is 0 Å². The zero-order valence-electron chi connectivity index (χ0n) is 10.7. The number of hydrogen-bond donors (Lipinski definition) is 1. The van der Waals surface area contributed by atoms with Crippen molar-refractivity contribution in [1.82, 2.24) is 4.90 Å². The lowest BCUT2D eigenvalue weighted by atomic mass is 9.87. The second-order valence-corrected chi connectivity index (χ2v) is 5.66. The van der Waals surface area contributed by atoms with Crippen molar-refractivity contribution in [1.29, 1.82) is 0 Å². The molecule has 1 saturated heterocycles. The molecule has 2 aliphatic heterocycles. The maximum absolute atomic E-state index is 13.2. The summed E-state index contributed by atoms with van der Waals surface area (Å²) in [5.41, 5.74) is 0.251. The van der Waals surface area contributed by atoms with Crippen LogP contribution >= 0.6 is 0 Å². The molecule has 2 heterocycles. The molecule has 0 radical (unpaired) electrons. The molecule has 1 spiro atoms. The van der Waals surface area contributed by atoms with Gasteiger partial charge in [0.25, 0.3) is 0 Å². The molecule has 0 amide bonds. The molecule has 3 nitrogen and oxygen atoms in total. The van der Waals surface area contributed by atoms with Gasteiger partial charge in [0.1, 0.15) is 17.2 Å². The fourth-order valence-electron chi connectivity index (χ4n) is 3.20. The van der Waals surface area contributed by atoms with E-state index in [9.17, 15) is 9.50 Å². The van der Waals surface area contributed by atoms with E-state index in [4.69, 9.17) is 4.74 Å². The minimum absolute atomic E-state index is 0.321. The summed E-state index contributed by atoms with van der Waals surface area (Å²) < 4.78 is 19.3. The van der Waals surface area contributed by atoms with Crippen molar-refractivity contribution in [2.24, 2.45) is 0 Å². The number of aliphatic hydroxyl groups is 1. The number of likely N-dealkylation sites (N-methyl/N-ethyl adjacent to an activating group) is 1. The second-order valence-electron chi connectivity index (χ2n) is 5.66. The lowest BCUT2D eigenvalue weighted by Crippen LogP contribution is -2.43. The monoisotopic (exact) mass is 251 g/mol. The average Bonchev–Trinajstić information content (AvgIpc) is 2.55. The molecule has 0 aliphatic carbocycles. The van der Waals surface area contributed by atoms with Gasteiger partial charge in [0.15, 0.2) is 0 Å². The first-order valence-corrected chi connectivity index (χ1v) is 6.36. The van der Waals surface area contributed by atoms with Crippen molar-refractivity contribution in [2.45, 2.75) is 37.5 Å². The van der Waals surface area contributed by atoms with Gasteiger partial charge in [0.05, 0.1) is 6.10 Å². The zero-order valence-corrected chi connectivity index (χ0v) is 10.7. The summed E-state index contributed by atoms with van der Waals surface area (Å²) in [4.78, 5) is 2.24. The summed E-state index contributed by atoms with van der Waals surface area (Å²) in [5, 5.41) is 10.2. The van der Waals surface area contributed by atoms with Gasteiger partial charge in [0, 0.05) is 31.0 Å². The van der Waals surface area contributed by atoms with E-state index in [0.29, 0.717) is 23.8 Å². The van der Waals surface area contributed by atoms with E-state index in [1.165, 1.54) is 12.1 Å². The molecule has 18 heavy (non-hydrogen) atoms. The summed E-state index contributed by atoms with van der Waals surface area (Å²) in [6.07, 6.45) is 0.804. The van der Waals surface area contributed by atoms with Crippen LogP contribution in [0.15, 0.2) is 18.2 Å². The fourth-order valence-corrected chi connectivity index (χ4v) is 3.20. The van der Waals surface area contributed by atoms with E-state index in [0.717, 1.165) is 13.0 Å². The number of nitrogens with zero attached hydrogens (tertiary/aromatic N) is 1. The van der Waals surface area contributed by atoms with E-state index < -0.39 is 6.10 Å². The summed E-state index contributed by atoms with van der Waals surface area (Å²) in [6.45, 7) is 2.96. The first kappa shape index (κ1) is 11.9. The van der Waals surface area contributed by atoms with Crippen molar-refractivity contribution >= 4 is 0 Å². The van der Waals surface area contributed by atoms with E-state index in [2.05, 4.69) is 18.9 Å². The van der Waals surface area contributed by atoms with Gasteiger partial charge in [-0.05, 0) is 32.2 Å². The maximum Gasteiger partial charge on any atom is 0.126 e. The number of likely N-dealkylation sites (tertiary alicyclic amines) is 1. The molecular weight excluding hydrogens is 233 g/mol. The van der Waals surface area contributed by atoms with Crippen molar-refractivity contribution in [3.05, 3.63) is 29.6 Å². The van der Waals surface area contributed by atoms with Gasteiger partial charge in [0.2, 0.25) is 0 Å². The Morgan fingerprint density at radius 3 is 2.89 bits per heavy atom. The van der Waals surface area contributed by atoms with E-state index in [-0.39, 0.29) is 11.4 Å². The van der Waals surface area contributed by atoms with Crippen LogP contribution in [0.5, 0.6) is 5.75 Å². The van der Waals surface area contributed by atoms with Gasteiger partial charge in [-0.15, -0.1) is 0 Å². The first-order chi connectivity index (χ1) is 8.49. The van der Waals surface area contributed by atoms with Gasteiger partial charge in [-0.1, -0.05) is 0 Å². The smallest absolute Gasteiger partial charge is 0.126 e. The number of ether oxygens (including phenoxy) is 1. The van der Waals surface area contributed by atoms with Crippen LogP contribution in [0.2, 0.25) is 0 Å². The predicted molar refractivity (Wildman–Crippen MR) is 66.0 cm³/mol. The predicted octanol–water partition coefficient (Wildman–Crippen LogP) is 2.10. The third-order valence-electron chi connectivity index (χ3n) is 4.18. The Morgan fingerprint density at radius 1 is 1.44 bits per heavy atom. The van der Waals surface area contributed by atoms with Crippen LogP contribution in [-0.2, 0) is 0 Å². The van der Waals surface area contributed by atoms with E-state index in [1.807, 2.05) is 0 Å². The Bertz CT molecular complexity index is 467. The fraction of sp³-hybridized carbons (Fsp3) is 0.571. The number of benzene rings is 1. The van der Waals surface area contributed by atoms with Crippen molar-refractivity contribution < 1.29 is 14.2 Å². The highest BCUT2D eigenvalue weighted by atomic mass is 19.1. The van der Waals surface area contributed by atoms with E-state index in [1.54, 1.807) is 6.07 Å². The molecule has 3 rings (SSSR count). The number of hydrogen-bond acceptors (Lipinski definition) is 3. The molecule has 1 fully saturated rings. The molecule has 4 heteroatoms. The van der Waals surface area contributed by atoms with Crippen LogP contribution in [0, 0.1) is 5.82 Å². The van der Waals surface area contributed by atoms with Gasteiger partial charge < -0.3 is 9.84 Å². The molecule has 0 aromatic heterocycles. The number of rotatable bonds is 0. The number of aliphatic hydroxyl groups excluding tert-OH is 1. The molecule has 0 bridgehead atoms. The molecule has 0 saturated carbocycles. The third kappa shape index (κ3) is 1.80. The Morgan fingerprint density at radius 2 is 2.22 bits per heavy atom. The van der Waals surface area contributed by atoms with Crippen molar-refractivity contribution in [3.63, 3.8) is 0 Å². The lowest BCUT2D eigenvalue weighted by molar-refractivity contribution is -0.00633. The molecule has 98 valence electrons. The summed E-state index contributed by atoms with van der Waals surface area (Å²) in [7, 11) is 2.06. The van der Waals surface area contributed by atoms with Crippen LogP contribution in [0.1, 0.15) is 31.4 Å². The molecular formula is C14H18FNO2. The molecule has 1 N–H and O–H groups in total. The van der Waals surface area contributed by atoms with Crippen molar-refractivity contribution in [3.8, 4) is 5.75 Å². The Balaban J connectivity index is 1.95. The zero-order chi connectivity index (χ0) is 12.9. The molecule has 1 aromatic rings. The molecule has 1 aromatic carbocycles. The first-order valence-electron chi connectivity index (χ1n) is 6.36. The maximum atomic E-state index is 13.2. The highest BCUT2D eigenvalue weighted by Gasteiger charge is 2.47. The van der Waals surface area contributed by atoms with Gasteiger partial charge >= 0.3 is 0 Å². The molecule has 2 aliphatic rings. The standard InChI is InChI=1S/C14H18FNO2/c1-9-6-14(8-16(9)2)7-12(17)11-5-10(15)3-4-13(11)18-14/h3-5,9,12,17H,6-8H2,1-2H3/t9?,12-,14?/m1/s1. The highest BCUT2D eigenvalue weighted by molar-refractivity contribution is 5.39. The Kier molecular flexibility index (Phi) is 2.61. The minimum atomic E-state index is -0.636. The van der Waals surface area contributed by atoms with E-state index >= 15 is 0 Å². The number of halogens is 1. The minimum Gasteiger partial charge on any atom is -0.485 e. The van der Waals surface area contributed by atoms with Crippen LogP contribution in [0.4, 0.5) is 4.39 Å². The summed E-state index contributed by atoms with van der Waals surface area (Å²) >= 11 is 0. The third-order valence-corrected chi connectivity index (χ3v) is 4.18. The van der Waals surface area contributed by atoms with Gasteiger partial charge in [-0.3, -0.25) is 4.90 Å². The van der Waals surface area contributed by atoms with Crippen LogP contribution < -0.4 is 4.74 Å². The summed E-state index contributed by atoms with van der Waals surface area (Å²) in [6, 6.07) is 4.82. The molecule has 3 atom stereocenters. The topological polar surface area (TPSA) is 32.7 Å².